The number of methoxy groups -OCH3 is 1. The molecular weight excluding hydrogens is 250 g/mol. The fraction of sp³-hybridized carbons (Fsp3) is 0.938. The Kier molecular flexibility index (Phi) is 7.50. The van der Waals surface area contributed by atoms with Crippen molar-refractivity contribution in [3.05, 3.63) is 0 Å². The maximum atomic E-state index is 9.14. The van der Waals surface area contributed by atoms with Crippen molar-refractivity contribution in [3.63, 3.8) is 0 Å². The third-order valence-corrected chi connectivity index (χ3v) is 4.63. The van der Waals surface area contributed by atoms with Gasteiger partial charge in [0.2, 0.25) is 0 Å². The molecule has 1 N–H and O–H groups in total. The van der Waals surface area contributed by atoms with E-state index >= 15 is 0 Å². The third kappa shape index (κ3) is 5.78. The van der Waals surface area contributed by atoms with Crippen LogP contribution in [0.3, 0.4) is 0 Å². The summed E-state index contributed by atoms with van der Waals surface area (Å²) in [4.78, 5) is 2.56. The number of hydrogen-bond acceptors (Lipinski definition) is 4. The summed E-state index contributed by atoms with van der Waals surface area (Å²) in [5.41, 5.74) is -0.376. The largest absolute Gasteiger partial charge is 0.383 e. The van der Waals surface area contributed by atoms with E-state index in [1.165, 1.54) is 12.8 Å². The SMILES string of the molecule is CNC(C)(C#N)CCCCN(CCOC)C(C)C1CC1. The molecule has 1 saturated carbocycles. The van der Waals surface area contributed by atoms with Gasteiger partial charge in [0.25, 0.3) is 0 Å². The molecule has 0 aromatic rings. The van der Waals surface area contributed by atoms with E-state index in [1.54, 1.807) is 7.11 Å². The lowest BCUT2D eigenvalue weighted by molar-refractivity contribution is 0.115. The molecular formula is C16H31N3O. The quantitative estimate of drug-likeness (QED) is 0.591. The van der Waals surface area contributed by atoms with Crippen molar-refractivity contribution in [2.75, 3.05) is 33.9 Å². The van der Waals surface area contributed by atoms with Gasteiger partial charge in [-0.1, -0.05) is 0 Å². The highest BCUT2D eigenvalue weighted by atomic mass is 16.5. The number of nitrogens with one attached hydrogen (secondary N) is 1. The van der Waals surface area contributed by atoms with Gasteiger partial charge in [0.05, 0.1) is 12.7 Å². The molecule has 1 rings (SSSR count). The Morgan fingerprint density at radius 1 is 1.40 bits per heavy atom. The van der Waals surface area contributed by atoms with Crippen LogP contribution in [0, 0.1) is 17.2 Å². The van der Waals surface area contributed by atoms with Crippen molar-refractivity contribution in [2.45, 2.75) is 57.5 Å². The fourth-order valence-corrected chi connectivity index (χ4v) is 2.63. The van der Waals surface area contributed by atoms with E-state index in [2.05, 4.69) is 23.2 Å². The van der Waals surface area contributed by atoms with Gasteiger partial charge in [-0.25, -0.2) is 0 Å². The molecule has 20 heavy (non-hydrogen) atoms. The highest BCUT2D eigenvalue weighted by Crippen LogP contribution is 2.35. The first-order valence-corrected chi connectivity index (χ1v) is 7.89. The molecule has 1 aliphatic rings. The smallest absolute Gasteiger partial charge is 0.103 e. The monoisotopic (exact) mass is 281 g/mol. The molecule has 116 valence electrons. The van der Waals surface area contributed by atoms with Crippen LogP contribution in [-0.4, -0.2) is 50.3 Å². The van der Waals surface area contributed by atoms with Crippen LogP contribution in [-0.2, 0) is 4.74 Å². The molecule has 0 radical (unpaired) electrons. The van der Waals surface area contributed by atoms with Gasteiger partial charge in [0.15, 0.2) is 0 Å². The van der Waals surface area contributed by atoms with Gasteiger partial charge in [0, 0.05) is 19.7 Å². The van der Waals surface area contributed by atoms with E-state index in [-0.39, 0.29) is 5.54 Å². The van der Waals surface area contributed by atoms with Crippen LogP contribution >= 0.6 is 0 Å². The summed E-state index contributed by atoms with van der Waals surface area (Å²) in [5.74, 6) is 0.897. The van der Waals surface area contributed by atoms with Gasteiger partial charge < -0.3 is 10.1 Å². The van der Waals surface area contributed by atoms with Gasteiger partial charge in [0.1, 0.15) is 5.54 Å². The standard InChI is InChI=1S/C16H31N3O/c1-14(15-7-8-15)19(11-12-20-4)10-6-5-9-16(2,13-17)18-3/h14-15,18H,5-12H2,1-4H3. The molecule has 0 aromatic heterocycles. The van der Waals surface area contributed by atoms with Crippen LogP contribution in [0.5, 0.6) is 0 Å². The molecule has 0 amide bonds. The lowest BCUT2D eigenvalue weighted by Crippen LogP contribution is -2.39. The first-order valence-electron chi connectivity index (χ1n) is 7.89. The van der Waals surface area contributed by atoms with Crippen LogP contribution in [0.1, 0.15) is 46.0 Å². The number of nitrogens with zero attached hydrogens (tertiary/aromatic N) is 2. The molecule has 0 heterocycles. The molecule has 0 spiro atoms. The van der Waals surface area contributed by atoms with E-state index in [0.29, 0.717) is 6.04 Å². The van der Waals surface area contributed by atoms with Crippen molar-refractivity contribution in [3.8, 4) is 6.07 Å². The molecule has 1 fully saturated rings. The lowest BCUT2D eigenvalue weighted by Gasteiger charge is -2.29. The zero-order valence-corrected chi connectivity index (χ0v) is 13.6. The van der Waals surface area contributed by atoms with E-state index in [0.717, 1.165) is 44.9 Å². The Morgan fingerprint density at radius 3 is 2.60 bits per heavy atom. The highest BCUT2D eigenvalue weighted by molar-refractivity contribution is 5.02. The van der Waals surface area contributed by atoms with E-state index in [4.69, 9.17) is 10.00 Å². The predicted octanol–water partition coefficient (Wildman–Crippen LogP) is 2.41. The Bertz CT molecular complexity index is 311. The summed E-state index contributed by atoms with van der Waals surface area (Å²) in [7, 11) is 3.63. The predicted molar refractivity (Wildman–Crippen MR) is 82.6 cm³/mol. The van der Waals surface area contributed by atoms with Crippen LogP contribution in [0.2, 0.25) is 0 Å². The molecule has 2 atom stereocenters. The van der Waals surface area contributed by atoms with Gasteiger partial charge in [-0.05, 0) is 65.5 Å². The van der Waals surface area contributed by atoms with E-state index in [9.17, 15) is 0 Å². The van der Waals surface area contributed by atoms with Gasteiger partial charge in [-0.15, -0.1) is 0 Å². The van der Waals surface area contributed by atoms with Crippen LogP contribution in [0.4, 0.5) is 0 Å². The molecule has 0 bridgehead atoms. The number of ether oxygens (including phenoxy) is 1. The van der Waals surface area contributed by atoms with Crippen molar-refractivity contribution in [1.82, 2.24) is 10.2 Å². The second-order valence-electron chi connectivity index (χ2n) is 6.26. The minimum Gasteiger partial charge on any atom is -0.383 e. The van der Waals surface area contributed by atoms with Crippen molar-refractivity contribution >= 4 is 0 Å². The molecule has 0 saturated heterocycles. The zero-order valence-electron chi connectivity index (χ0n) is 13.6. The van der Waals surface area contributed by atoms with Crippen LogP contribution < -0.4 is 5.32 Å². The van der Waals surface area contributed by atoms with Crippen LogP contribution in [0.25, 0.3) is 0 Å². The lowest BCUT2D eigenvalue weighted by atomic mass is 9.97. The molecule has 4 nitrogen and oxygen atoms in total. The minimum absolute atomic E-state index is 0.376. The summed E-state index contributed by atoms with van der Waals surface area (Å²) < 4.78 is 5.22. The summed E-state index contributed by atoms with van der Waals surface area (Å²) >= 11 is 0. The number of hydrogen-bond donors (Lipinski definition) is 1. The topological polar surface area (TPSA) is 48.3 Å². The molecule has 1 aliphatic carbocycles. The minimum atomic E-state index is -0.376. The molecule has 0 aromatic carbocycles. The van der Waals surface area contributed by atoms with Gasteiger partial charge >= 0.3 is 0 Å². The Hall–Kier alpha value is -0.630. The summed E-state index contributed by atoms with van der Waals surface area (Å²) in [6.07, 6.45) is 5.93. The van der Waals surface area contributed by atoms with Gasteiger partial charge in [-0.2, -0.15) is 5.26 Å². The first-order chi connectivity index (χ1) is 9.56. The molecule has 4 heteroatoms. The average Bonchev–Trinajstić information content (AvgIpc) is 3.30. The van der Waals surface area contributed by atoms with Crippen molar-refractivity contribution in [1.29, 1.82) is 5.26 Å². The molecule has 0 aliphatic heterocycles. The van der Waals surface area contributed by atoms with Crippen molar-refractivity contribution < 1.29 is 4.74 Å². The highest BCUT2D eigenvalue weighted by Gasteiger charge is 2.31. The summed E-state index contributed by atoms with van der Waals surface area (Å²) in [5, 5.41) is 12.2. The van der Waals surface area contributed by atoms with Crippen molar-refractivity contribution in [2.24, 2.45) is 5.92 Å². The van der Waals surface area contributed by atoms with Gasteiger partial charge in [-0.3, -0.25) is 4.90 Å². The number of rotatable bonds is 11. The summed E-state index contributed by atoms with van der Waals surface area (Å²) in [6.45, 7) is 7.27. The second kappa shape index (κ2) is 8.61. The number of nitriles is 1. The maximum Gasteiger partial charge on any atom is 0.103 e. The first kappa shape index (κ1) is 17.4. The third-order valence-electron chi connectivity index (χ3n) is 4.63. The Labute approximate surface area is 124 Å². The average molecular weight is 281 g/mol. The van der Waals surface area contributed by atoms with E-state index in [1.807, 2.05) is 14.0 Å². The fourth-order valence-electron chi connectivity index (χ4n) is 2.63. The second-order valence-corrected chi connectivity index (χ2v) is 6.26. The maximum absolute atomic E-state index is 9.14. The Morgan fingerprint density at radius 2 is 2.10 bits per heavy atom. The zero-order chi connectivity index (χ0) is 15.0. The summed E-state index contributed by atoms with van der Waals surface area (Å²) in [6, 6.07) is 3.03. The van der Waals surface area contributed by atoms with Crippen LogP contribution in [0.15, 0.2) is 0 Å². The number of unbranched alkanes of at least 4 members (excludes halogenated alkanes) is 1. The van der Waals surface area contributed by atoms with E-state index < -0.39 is 0 Å². The molecule has 2 unspecified atom stereocenters. The Balaban J connectivity index is 2.29. The normalized spacial score (nSPS) is 19.6.